The number of nitrogens with one attached hydrogen (secondary N) is 1. The third-order valence-electron chi connectivity index (χ3n) is 4.39. The lowest BCUT2D eigenvalue weighted by molar-refractivity contribution is -0.137. The molecule has 2 aromatic carbocycles. The summed E-state index contributed by atoms with van der Waals surface area (Å²) < 4.78 is 38.6. The summed E-state index contributed by atoms with van der Waals surface area (Å²) in [5, 5.41) is 3.92. The van der Waals surface area contributed by atoms with Gasteiger partial charge in [0.25, 0.3) is 0 Å². The predicted octanol–water partition coefficient (Wildman–Crippen LogP) is 3.90. The number of hydrogen-bond donors (Lipinski definition) is 1. The van der Waals surface area contributed by atoms with Crippen LogP contribution in [0.4, 0.5) is 18.9 Å². The maximum atomic E-state index is 12.9. The van der Waals surface area contributed by atoms with Crippen LogP contribution in [-0.2, 0) is 12.7 Å². The Morgan fingerprint density at radius 2 is 1.65 bits per heavy atom. The number of hydrogen-bond acceptors (Lipinski definition) is 2. The molecule has 1 aliphatic heterocycles. The van der Waals surface area contributed by atoms with Crippen LogP contribution < -0.4 is 10.2 Å². The molecule has 0 unspecified atom stereocenters. The number of alkyl halides is 3. The Bertz CT molecular complexity index is 741. The van der Waals surface area contributed by atoms with Gasteiger partial charge in [-0.3, -0.25) is 0 Å². The molecule has 1 heterocycles. The van der Waals surface area contributed by atoms with E-state index in [1.54, 1.807) is 6.07 Å². The van der Waals surface area contributed by atoms with Gasteiger partial charge < -0.3 is 15.1 Å². The van der Waals surface area contributed by atoms with Crippen molar-refractivity contribution in [3.63, 3.8) is 0 Å². The van der Waals surface area contributed by atoms with E-state index >= 15 is 0 Å². The van der Waals surface area contributed by atoms with Gasteiger partial charge in [0.1, 0.15) is 0 Å². The standard InChI is InChI=1S/C19H20F3N3S/c20-19(21,22)16-7-4-8-17(13-16)24-9-11-25(12-10-24)18(26)23-14-15-5-2-1-3-6-15/h1-8,13H,9-12,14H2,(H,23,26). The van der Waals surface area contributed by atoms with E-state index in [2.05, 4.69) is 10.2 Å². The number of piperazine rings is 1. The van der Waals surface area contributed by atoms with Gasteiger partial charge in [0.2, 0.25) is 0 Å². The van der Waals surface area contributed by atoms with E-state index in [-0.39, 0.29) is 0 Å². The van der Waals surface area contributed by atoms with Gasteiger partial charge in [0, 0.05) is 38.4 Å². The van der Waals surface area contributed by atoms with Crippen LogP contribution in [0.1, 0.15) is 11.1 Å². The molecule has 138 valence electrons. The van der Waals surface area contributed by atoms with Crippen LogP contribution in [0, 0.1) is 0 Å². The lowest BCUT2D eigenvalue weighted by atomic mass is 10.1. The van der Waals surface area contributed by atoms with Crippen LogP contribution in [0.2, 0.25) is 0 Å². The van der Waals surface area contributed by atoms with Crippen LogP contribution in [0.15, 0.2) is 54.6 Å². The second kappa shape index (κ2) is 7.95. The molecule has 3 rings (SSSR count). The summed E-state index contributed by atoms with van der Waals surface area (Å²) in [6, 6.07) is 15.5. The Labute approximate surface area is 156 Å². The fourth-order valence-corrected chi connectivity index (χ4v) is 3.19. The lowest BCUT2D eigenvalue weighted by Crippen LogP contribution is -2.51. The summed E-state index contributed by atoms with van der Waals surface area (Å²) in [5.74, 6) is 0. The predicted molar refractivity (Wildman–Crippen MR) is 101 cm³/mol. The first kappa shape index (κ1) is 18.5. The first-order chi connectivity index (χ1) is 12.4. The molecule has 0 radical (unpaired) electrons. The molecule has 0 amide bonds. The maximum absolute atomic E-state index is 12.9. The highest BCUT2D eigenvalue weighted by Crippen LogP contribution is 2.31. The molecule has 0 atom stereocenters. The van der Waals surface area contributed by atoms with Gasteiger partial charge in [0.15, 0.2) is 5.11 Å². The zero-order valence-corrected chi connectivity index (χ0v) is 15.0. The van der Waals surface area contributed by atoms with Gasteiger partial charge in [-0.05, 0) is 36.0 Å². The highest BCUT2D eigenvalue weighted by molar-refractivity contribution is 7.80. The van der Waals surface area contributed by atoms with Gasteiger partial charge in [-0.1, -0.05) is 36.4 Å². The minimum atomic E-state index is -4.32. The molecule has 0 aliphatic carbocycles. The van der Waals surface area contributed by atoms with Gasteiger partial charge in [-0.2, -0.15) is 13.2 Å². The molecule has 1 N–H and O–H groups in total. The smallest absolute Gasteiger partial charge is 0.368 e. The van der Waals surface area contributed by atoms with Crippen molar-refractivity contribution in [2.45, 2.75) is 12.7 Å². The summed E-state index contributed by atoms with van der Waals surface area (Å²) in [6.45, 7) is 3.28. The quantitative estimate of drug-likeness (QED) is 0.815. The number of halogens is 3. The van der Waals surface area contributed by atoms with Crippen molar-refractivity contribution in [2.75, 3.05) is 31.1 Å². The van der Waals surface area contributed by atoms with Crippen LogP contribution in [0.5, 0.6) is 0 Å². The third-order valence-corrected chi connectivity index (χ3v) is 4.79. The van der Waals surface area contributed by atoms with E-state index in [9.17, 15) is 13.2 Å². The molecule has 2 aromatic rings. The monoisotopic (exact) mass is 379 g/mol. The molecule has 3 nitrogen and oxygen atoms in total. The Balaban J connectivity index is 1.53. The molecule has 7 heteroatoms. The maximum Gasteiger partial charge on any atom is 0.416 e. The summed E-state index contributed by atoms with van der Waals surface area (Å²) in [6.07, 6.45) is -4.32. The van der Waals surface area contributed by atoms with Crippen molar-refractivity contribution >= 4 is 23.0 Å². The Morgan fingerprint density at radius 1 is 0.962 bits per heavy atom. The van der Waals surface area contributed by atoms with Gasteiger partial charge in [-0.25, -0.2) is 0 Å². The molecule has 0 spiro atoms. The average Bonchev–Trinajstić information content (AvgIpc) is 2.66. The minimum absolute atomic E-state index is 0.600. The summed E-state index contributed by atoms with van der Waals surface area (Å²) in [5.41, 5.74) is 1.14. The number of rotatable bonds is 3. The highest BCUT2D eigenvalue weighted by atomic mass is 32.1. The van der Waals surface area contributed by atoms with Gasteiger partial charge in [0.05, 0.1) is 5.56 Å². The summed E-state index contributed by atoms with van der Waals surface area (Å²) in [7, 11) is 0. The first-order valence-electron chi connectivity index (χ1n) is 8.42. The summed E-state index contributed by atoms with van der Waals surface area (Å²) in [4.78, 5) is 4.02. The number of thiocarbonyl (C=S) groups is 1. The van der Waals surface area contributed by atoms with Crippen molar-refractivity contribution in [1.82, 2.24) is 10.2 Å². The van der Waals surface area contributed by atoms with Crippen molar-refractivity contribution in [3.05, 3.63) is 65.7 Å². The van der Waals surface area contributed by atoms with Crippen LogP contribution in [0.25, 0.3) is 0 Å². The van der Waals surface area contributed by atoms with Crippen LogP contribution in [0.3, 0.4) is 0 Å². The number of benzene rings is 2. The van der Waals surface area contributed by atoms with Crippen molar-refractivity contribution in [1.29, 1.82) is 0 Å². The topological polar surface area (TPSA) is 18.5 Å². The van der Waals surface area contributed by atoms with Crippen molar-refractivity contribution < 1.29 is 13.2 Å². The van der Waals surface area contributed by atoms with E-state index in [0.29, 0.717) is 43.5 Å². The molecule has 1 aliphatic rings. The van der Waals surface area contributed by atoms with Crippen molar-refractivity contribution in [3.8, 4) is 0 Å². The normalized spacial score (nSPS) is 15.0. The van der Waals surface area contributed by atoms with E-state index in [4.69, 9.17) is 12.2 Å². The van der Waals surface area contributed by atoms with Crippen molar-refractivity contribution in [2.24, 2.45) is 0 Å². The second-order valence-electron chi connectivity index (χ2n) is 6.17. The SMILES string of the molecule is FC(F)(F)c1cccc(N2CCN(C(=S)NCc3ccccc3)CC2)c1. The molecular formula is C19H20F3N3S. The molecule has 1 saturated heterocycles. The Morgan fingerprint density at radius 3 is 2.31 bits per heavy atom. The molecule has 26 heavy (non-hydrogen) atoms. The fourth-order valence-electron chi connectivity index (χ4n) is 2.93. The van der Waals surface area contributed by atoms with E-state index in [1.807, 2.05) is 35.2 Å². The Hall–Kier alpha value is -2.28. The second-order valence-corrected chi connectivity index (χ2v) is 6.55. The minimum Gasteiger partial charge on any atom is -0.368 e. The number of nitrogens with zero attached hydrogens (tertiary/aromatic N) is 2. The summed E-state index contributed by atoms with van der Waals surface area (Å²) >= 11 is 5.45. The molecule has 1 fully saturated rings. The first-order valence-corrected chi connectivity index (χ1v) is 8.83. The average molecular weight is 379 g/mol. The van der Waals surface area contributed by atoms with E-state index in [0.717, 1.165) is 11.6 Å². The zero-order chi connectivity index (χ0) is 18.6. The Kier molecular flexibility index (Phi) is 5.66. The zero-order valence-electron chi connectivity index (χ0n) is 14.2. The third kappa shape index (κ3) is 4.66. The molecule has 0 bridgehead atoms. The van der Waals surface area contributed by atoms with Gasteiger partial charge in [-0.15, -0.1) is 0 Å². The van der Waals surface area contributed by atoms with E-state index < -0.39 is 11.7 Å². The number of anilines is 1. The van der Waals surface area contributed by atoms with Gasteiger partial charge >= 0.3 is 6.18 Å². The van der Waals surface area contributed by atoms with Crippen LogP contribution in [-0.4, -0.2) is 36.2 Å². The molecule has 0 aromatic heterocycles. The fraction of sp³-hybridized carbons (Fsp3) is 0.316. The van der Waals surface area contributed by atoms with Crippen LogP contribution >= 0.6 is 12.2 Å². The highest BCUT2D eigenvalue weighted by Gasteiger charge is 2.31. The lowest BCUT2D eigenvalue weighted by Gasteiger charge is -2.37. The molecular weight excluding hydrogens is 359 g/mol. The van der Waals surface area contributed by atoms with E-state index in [1.165, 1.54) is 12.1 Å². The largest absolute Gasteiger partial charge is 0.416 e. The molecule has 0 saturated carbocycles.